The molecule has 0 aliphatic heterocycles. The lowest BCUT2D eigenvalue weighted by atomic mass is 10.2. The highest BCUT2D eigenvalue weighted by Gasteiger charge is 2.06. The van der Waals surface area contributed by atoms with Crippen molar-refractivity contribution in [2.24, 2.45) is 0 Å². The molecular weight excluding hydrogens is 224 g/mol. The van der Waals surface area contributed by atoms with Crippen LogP contribution in [0.25, 0.3) is 16.6 Å². The highest BCUT2D eigenvalue weighted by atomic mass is 35.5. The molecule has 0 unspecified atom stereocenters. The molecule has 0 N–H and O–H groups in total. The maximum absolute atomic E-state index is 10.9. The molecule has 0 bridgehead atoms. The number of pyridine rings is 1. The second-order valence-corrected chi connectivity index (χ2v) is 3.97. The second kappa shape index (κ2) is 3.32. The summed E-state index contributed by atoms with van der Waals surface area (Å²) in [6.45, 7) is 0. The van der Waals surface area contributed by atoms with Crippen molar-refractivity contribution < 1.29 is 4.79 Å². The van der Waals surface area contributed by atoms with Gasteiger partial charge in [-0.1, -0.05) is 17.7 Å². The molecular formula is C12H7ClN2O. The van der Waals surface area contributed by atoms with Crippen LogP contribution in [-0.4, -0.2) is 15.7 Å². The standard InChI is InChI=1S/C12H7ClN2O/c13-9-3-1-8-2-4-12-14-6-10(7-16)15(12)11(8)5-9/h1-7H. The molecule has 2 heterocycles. The number of carbonyl (C=O) groups is 1. The topological polar surface area (TPSA) is 34.4 Å². The average molecular weight is 231 g/mol. The molecule has 0 spiro atoms. The lowest BCUT2D eigenvalue weighted by molar-refractivity contribution is 0.111. The number of aldehydes is 1. The Hall–Kier alpha value is -1.87. The van der Waals surface area contributed by atoms with Gasteiger partial charge in [0.2, 0.25) is 0 Å². The number of fused-ring (bicyclic) bond motifs is 3. The van der Waals surface area contributed by atoms with Gasteiger partial charge >= 0.3 is 0 Å². The van der Waals surface area contributed by atoms with E-state index in [1.165, 1.54) is 0 Å². The van der Waals surface area contributed by atoms with Gasteiger partial charge in [0.25, 0.3) is 0 Å². The van der Waals surface area contributed by atoms with Gasteiger partial charge in [-0.05, 0) is 29.7 Å². The molecule has 0 saturated heterocycles. The number of hydrogen-bond acceptors (Lipinski definition) is 2. The van der Waals surface area contributed by atoms with Crippen LogP contribution in [0.15, 0.2) is 36.5 Å². The predicted octanol–water partition coefficient (Wildman–Crippen LogP) is 2.95. The maximum atomic E-state index is 10.9. The minimum absolute atomic E-state index is 0.530. The molecule has 78 valence electrons. The summed E-state index contributed by atoms with van der Waals surface area (Å²) >= 11 is 5.96. The largest absolute Gasteiger partial charge is 0.296 e. The van der Waals surface area contributed by atoms with Gasteiger partial charge in [-0.2, -0.15) is 0 Å². The number of imidazole rings is 1. The first-order valence-electron chi connectivity index (χ1n) is 4.80. The van der Waals surface area contributed by atoms with Gasteiger partial charge in [-0.25, -0.2) is 4.98 Å². The molecule has 0 aliphatic rings. The lowest BCUT2D eigenvalue weighted by Gasteiger charge is -2.03. The van der Waals surface area contributed by atoms with Crippen molar-refractivity contribution in [3.8, 4) is 0 Å². The maximum Gasteiger partial charge on any atom is 0.168 e. The highest BCUT2D eigenvalue weighted by molar-refractivity contribution is 6.31. The molecule has 0 amide bonds. The zero-order valence-electron chi connectivity index (χ0n) is 8.22. The van der Waals surface area contributed by atoms with E-state index in [-0.39, 0.29) is 0 Å². The van der Waals surface area contributed by atoms with Gasteiger partial charge in [0.05, 0.1) is 11.7 Å². The van der Waals surface area contributed by atoms with Crippen molar-refractivity contribution in [2.45, 2.75) is 0 Å². The Morgan fingerprint density at radius 1 is 1.25 bits per heavy atom. The molecule has 3 aromatic rings. The van der Waals surface area contributed by atoms with Crippen LogP contribution in [0.2, 0.25) is 5.02 Å². The summed E-state index contributed by atoms with van der Waals surface area (Å²) in [5.74, 6) is 0. The summed E-state index contributed by atoms with van der Waals surface area (Å²) in [7, 11) is 0. The molecule has 0 aliphatic carbocycles. The number of benzene rings is 1. The van der Waals surface area contributed by atoms with Crippen molar-refractivity contribution in [3.63, 3.8) is 0 Å². The van der Waals surface area contributed by atoms with Crippen molar-refractivity contribution in [3.05, 3.63) is 47.2 Å². The van der Waals surface area contributed by atoms with Gasteiger partial charge in [0.1, 0.15) is 11.3 Å². The third-order valence-electron chi connectivity index (χ3n) is 2.58. The Labute approximate surface area is 96.3 Å². The summed E-state index contributed by atoms with van der Waals surface area (Å²) in [4.78, 5) is 15.1. The van der Waals surface area contributed by atoms with E-state index in [2.05, 4.69) is 4.98 Å². The molecule has 3 nitrogen and oxygen atoms in total. The molecule has 0 radical (unpaired) electrons. The minimum atomic E-state index is 0.530. The van der Waals surface area contributed by atoms with Crippen LogP contribution in [0.3, 0.4) is 0 Å². The minimum Gasteiger partial charge on any atom is -0.296 e. The van der Waals surface area contributed by atoms with Crippen LogP contribution >= 0.6 is 11.6 Å². The van der Waals surface area contributed by atoms with Crippen molar-refractivity contribution in [1.29, 1.82) is 0 Å². The molecule has 2 aromatic heterocycles. The summed E-state index contributed by atoms with van der Waals surface area (Å²) in [6.07, 6.45) is 2.35. The third-order valence-corrected chi connectivity index (χ3v) is 2.82. The van der Waals surface area contributed by atoms with Crippen LogP contribution in [0.1, 0.15) is 10.5 Å². The molecule has 0 saturated carbocycles. The zero-order chi connectivity index (χ0) is 11.1. The third kappa shape index (κ3) is 1.22. The molecule has 1 aromatic carbocycles. The number of carbonyl (C=O) groups excluding carboxylic acids is 1. The van der Waals surface area contributed by atoms with Crippen molar-refractivity contribution in [1.82, 2.24) is 9.38 Å². The van der Waals surface area contributed by atoms with Gasteiger partial charge in [-0.15, -0.1) is 0 Å². The second-order valence-electron chi connectivity index (χ2n) is 3.53. The Morgan fingerprint density at radius 3 is 2.88 bits per heavy atom. The summed E-state index contributed by atoms with van der Waals surface area (Å²) in [6, 6.07) is 9.42. The van der Waals surface area contributed by atoms with Crippen LogP contribution in [0.4, 0.5) is 0 Å². The van der Waals surface area contributed by atoms with E-state index in [1.54, 1.807) is 10.6 Å². The number of halogens is 1. The van der Waals surface area contributed by atoms with Crippen LogP contribution in [-0.2, 0) is 0 Å². The SMILES string of the molecule is O=Cc1cnc2ccc3ccc(Cl)cc3n12. The van der Waals surface area contributed by atoms with Gasteiger partial charge in [-0.3, -0.25) is 9.20 Å². The van der Waals surface area contributed by atoms with E-state index in [9.17, 15) is 4.79 Å². The molecule has 3 rings (SSSR count). The van der Waals surface area contributed by atoms with Crippen LogP contribution in [0, 0.1) is 0 Å². The monoisotopic (exact) mass is 230 g/mol. The first kappa shape index (κ1) is 9.36. The fraction of sp³-hybridized carbons (Fsp3) is 0. The predicted molar refractivity (Wildman–Crippen MR) is 63.1 cm³/mol. The quantitative estimate of drug-likeness (QED) is 0.603. The fourth-order valence-corrected chi connectivity index (χ4v) is 2.03. The lowest BCUT2D eigenvalue weighted by Crippen LogP contribution is -1.92. The number of aromatic nitrogens is 2. The van der Waals surface area contributed by atoms with Gasteiger partial charge in [0.15, 0.2) is 6.29 Å². The number of hydrogen-bond donors (Lipinski definition) is 0. The van der Waals surface area contributed by atoms with Crippen molar-refractivity contribution in [2.75, 3.05) is 0 Å². The average Bonchev–Trinajstić information content (AvgIpc) is 2.72. The first-order chi connectivity index (χ1) is 7.79. The van der Waals surface area contributed by atoms with E-state index in [0.717, 1.165) is 22.8 Å². The summed E-state index contributed by atoms with van der Waals surface area (Å²) in [5.41, 5.74) is 2.17. The van der Waals surface area contributed by atoms with E-state index >= 15 is 0 Å². The molecule has 0 atom stereocenters. The van der Waals surface area contributed by atoms with Crippen LogP contribution in [0.5, 0.6) is 0 Å². The normalized spacial score (nSPS) is 11.1. The first-order valence-corrected chi connectivity index (χ1v) is 5.18. The van der Waals surface area contributed by atoms with E-state index in [0.29, 0.717) is 10.7 Å². The molecule has 16 heavy (non-hydrogen) atoms. The molecule has 0 fully saturated rings. The molecule has 4 heteroatoms. The van der Waals surface area contributed by atoms with E-state index in [4.69, 9.17) is 11.6 Å². The Morgan fingerprint density at radius 2 is 2.06 bits per heavy atom. The summed E-state index contributed by atoms with van der Waals surface area (Å²) < 4.78 is 1.80. The Bertz CT molecular complexity index is 703. The number of nitrogens with zero attached hydrogens (tertiary/aromatic N) is 2. The van der Waals surface area contributed by atoms with Crippen molar-refractivity contribution >= 4 is 34.4 Å². The highest BCUT2D eigenvalue weighted by Crippen LogP contribution is 2.21. The Kier molecular flexibility index (Phi) is 1.94. The fourth-order valence-electron chi connectivity index (χ4n) is 1.86. The van der Waals surface area contributed by atoms with E-state index in [1.807, 2.05) is 30.3 Å². The summed E-state index contributed by atoms with van der Waals surface area (Å²) in [5, 5.41) is 1.67. The van der Waals surface area contributed by atoms with Crippen LogP contribution < -0.4 is 0 Å². The Balaban J connectivity index is 2.59. The smallest absolute Gasteiger partial charge is 0.168 e. The van der Waals surface area contributed by atoms with Gasteiger partial charge < -0.3 is 0 Å². The van der Waals surface area contributed by atoms with E-state index < -0.39 is 0 Å². The number of rotatable bonds is 1. The van der Waals surface area contributed by atoms with Gasteiger partial charge in [0, 0.05) is 5.02 Å². The zero-order valence-corrected chi connectivity index (χ0v) is 8.98.